The molecule has 44 heavy (non-hydrogen) atoms. The molecule has 1 atom stereocenters. The van der Waals surface area contributed by atoms with Gasteiger partial charge < -0.3 is 15.0 Å². The Hall–Kier alpha value is -5.32. The van der Waals surface area contributed by atoms with Crippen molar-refractivity contribution in [1.29, 1.82) is 0 Å². The number of carbonyl (C=O) groups is 3. The fourth-order valence-corrected chi connectivity index (χ4v) is 5.21. The molecule has 0 saturated carbocycles. The van der Waals surface area contributed by atoms with E-state index in [0.717, 1.165) is 11.1 Å². The summed E-state index contributed by atoms with van der Waals surface area (Å²) in [7, 11) is 0. The molecular formula is C33H35N5O6. The van der Waals surface area contributed by atoms with Gasteiger partial charge in [-0.1, -0.05) is 72.8 Å². The van der Waals surface area contributed by atoms with E-state index in [2.05, 4.69) is 40.1 Å². The maximum Gasteiger partial charge on any atom is 0.338 e. The molecular weight excluding hydrogens is 562 g/mol. The van der Waals surface area contributed by atoms with E-state index in [4.69, 9.17) is 4.74 Å². The predicted octanol–water partition coefficient (Wildman–Crippen LogP) is 5.60. The van der Waals surface area contributed by atoms with Crippen LogP contribution in [0.1, 0.15) is 62.3 Å². The molecule has 1 unspecified atom stereocenters. The average molecular weight is 598 g/mol. The number of amides is 3. The molecule has 1 aliphatic heterocycles. The SMILES string of the molecule is CCOC(=O)C1=C(C)NC(=O)N(CCC(=O)N/N=C(/C)CC(c2ccccc2)c2ccccc2)C1c1cccc([N+](=O)[O-])c1. The Kier molecular flexibility index (Phi) is 10.6. The van der Waals surface area contributed by atoms with Gasteiger partial charge in [0.2, 0.25) is 5.91 Å². The van der Waals surface area contributed by atoms with Crippen LogP contribution < -0.4 is 10.7 Å². The molecule has 11 nitrogen and oxygen atoms in total. The lowest BCUT2D eigenvalue weighted by Crippen LogP contribution is -2.49. The van der Waals surface area contributed by atoms with Crippen LogP contribution in [0.2, 0.25) is 0 Å². The number of hydrogen-bond donors (Lipinski definition) is 2. The number of nitro benzene ring substituents is 1. The van der Waals surface area contributed by atoms with Crippen LogP contribution in [0.3, 0.4) is 0 Å². The quantitative estimate of drug-likeness (QED) is 0.120. The Balaban J connectivity index is 1.51. The molecule has 0 saturated heterocycles. The molecule has 228 valence electrons. The number of ether oxygens (including phenoxy) is 1. The molecule has 4 rings (SSSR count). The summed E-state index contributed by atoms with van der Waals surface area (Å²) in [6.07, 6.45) is 0.441. The summed E-state index contributed by atoms with van der Waals surface area (Å²) >= 11 is 0. The third-order valence-electron chi connectivity index (χ3n) is 7.29. The van der Waals surface area contributed by atoms with E-state index < -0.39 is 28.9 Å². The number of nitrogens with one attached hydrogen (secondary N) is 2. The Morgan fingerprint density at radius 3 is 2.27 bits per heavy atom. The molecule has 0 spiro atoms. The zero-order valence-corrected chi connectivity index (χ0v) is 24.9. The lowest BCUT2D eigenvalue weighted by molar-refractivity contribution is -0.384. The van der Waals surface area contributed by atoms with Crippen molar-refractivity contribution in [2.45, 2.75) is 45.6 Å². The van der Waals surface area contributed by atoms with Gasteiger partial charge in [-0.15, -0.1) is 0 Å². The van der Waals surface area contributed by atoms with Gasteiger partial charge >= 0.3 is 12.0 Å². The number of nitro groups is 1. The molecule has 3 aromatic carbocycles. The zero-order chi connectivity index (χ0) is 31.6. The second-order valence-electron chi connectivity index (χ2n) is 10.3. The first kappa shape index (κ1) is 31.6. The molecule has 0 fully saturated rings. The van der Waals surface area contributed by atoms with Gasteiger partial charge in [-0.25, -0.2) is 15.0 Å². The number of nitrogens with zero attached hydrogens (tertiary/aromatic N) is 3. The van der Waals surface area contributed by atoms with Crippen molar-refractivity contribution in [1.82, 2.24) is 15.6 Å². The summed E-state index contributed by atoms with van der Waals surface area (Å²) < 4.78 is 5.25. The van der Waals surface area contributed by atoms with Gasteiger partial charge in [-0.05, 0) is 43.9 Å². The average Bonchev–Trinajstić information content (AvgIpc) is 3.02. The summed E-state index contributed by atoms with van der Waals surface area (Å²) in [5, 5.41) is 18.5. The van der Waals surface area contributed by atoms with Gasteiger partial charge in [-0.3, -0.25) is 14.9 Å². The van der Waals surface area contributed by atoms with Gasteiger partial charge in [0, 0.05) is 42.4 Å². The summed E-state index contributed by atoms with van der Waals surface area (Å²) in [5.41, 5.74) is 6.11. The number of urea groups is 1. The Morgan fingerprint density at radius 1 is 1.05 bits per heavy atom. The van der Waals surface area contributed by atoms with E-state index in [0.29, 0.717) is 17.7 Å². The second kappa shape index (κ2) is 14.7. The summed E-state index contributed by atoms with van der Waals surface area (Å²) in [4.78, 5) is 51.3. The fraction of sp³-hybridized carbons (Fsp3) is 0.273. The predicted molar refractivity (Wildman–Crippen MR) is 166 cm³/mol. The number of hydrazone groups is 1. The summed E-state index contributed by atoms with van der Waals surface area (Å²) in [6, 6.07) is 24.3. The normalized spacial score (nSPS) is 15.2. The number of hydrogen-bond acceptors (Lipinski definition) is 7. The standard InChI is InChI=1S/C33H35N5O6/c1-4-44-32(40)30-23(3)34-33(41)37(31(30)26-16-11-17-27(21-26)38(42)43)19-18-29(39)36-35-22(2)20-28(24-12-7-5-8-13-24)25-14-9-6-10-15-25/h5-17,21,28,31H,4,18-20H2,1-3H3,(H,34,41)(H,36,39)/b35-22-. The minimum atomic E-state index is -1.00. The van der Waals surface area contributed by atoms with Crippen LogP contribution in [-0.2, 0) is 14.3 Å². The van der Waals surface area contributed by atoms with Gasteiger partial charge in [0.05, 0.1) is 23.1 Å². The van der Waals surface area contributed by atoms with Gasteiger partial charge in [-0.2, -0.15) is 5.10 Å². The van der Waals surface area contributed by atoms with Crippen LogP contribution >= 0.6 is 0 Å². The van der Waals surface area contributed by atoms with Crippen LogP contribution in [0, 0.1) is 10.1 Å². The summed E-state index contributed by atoms with van der Waals surface area (Å²) in [6.45, 7) is 5.07. The third-order valence-corrected chi connectivity index (χ3v) is 7.29. The molecule has 0 radical (unpaired) electrons. The van der Waals surface area contributed by atoms with Crippen molar-refractivity contribution in [2.75, 3.05) is 13.2 Å². The minimum Gasteiger partial charge on any atom is -0.463 e. The number of non-ortho nitro benzene ring substituents is 1. The maximum absolute atomic E-state index is 13.1. The molecule has 0 bridgehead atoms. The zero-order valence-electron chi connectivity index (χ0n) is 24.9. The number of esters is 1. The van der Waals surface area contributed by atoms with Crippen molar-refractivity contribution >= 4 is 29.3 Å². The lowest BCUT2D eigenvalue weighted by Gasteiger charge is -2.37. The smallest absolute Gasteiger partial charge is 0.338 e. The lowest BCUT2D eigenvalue weighted by atomic mass is 9.87. The fourth-order valence-electron chi connectivity index (χ4n) is 5.21. The molecule has 11 heteroatoms. The largest absolute Gasteiger partial charge is 0.463 e. The first-order valence-electron chi connectivity index (χ1n) is 14.3. The first-order valence-corrected chi connectivity index (χ1v) is 14.3. The Bertz CT molecular complexity index is 1530. The Labute approximate surface area is 255 Å². The molecule has 3 aromatic rings. The Morgan fingerprint density at radius 2 is 1.68 bits per heavy atom. The van der Waals surface area contributed by atoms with Crippen molar-refractivity contribution < 1.29 is 24.0 Å². The van der Waals surface area contributed by atoms with Crippen LogP contribution in [0.4, 0.5) is 10.5 Å². The second-order valence-corrected chi connectivity index (χ2v) is 10.3. The van der Waals surface area contributed by atoms with E-state index >= 15 is 0 Å². The highest BCUT2D eigenvalue weighted by molar-refractivity contribution is 5.95. The molecule has 1 heterocycles. The maximum atomic E-state index is 13.1. The number of allylic oxidation sites excluding steroid dienone is 1. The highest BCUT2D eigenvalue weighted by atomic mass is 16.6. The van der Waals surface area contributed by atoms with Gasteiger partial charge in [0.1, 0.15) is 0 Å². The summed E-state index contributed by atoms with van der Waals surface area (Å²) in [5.74, 6) is -1.06. The number of benzene rings is 3. The van der Waals surface area contributed by atoms with E-state index in [9.17, 15) is 24.5 Å². The van der Waals surface area contributed by atoms with E-state index in [-0.39, 0.29) is 42.4 Å². The third kappa shape index (κ3) is 7.74. The van der Waals surface area contributed by atoms with Gasteiger partial charge in [0.25, 0.3) is 5.69 Å². The van der Waals surface area contributed by atoms with Crippen molar-refractivity contribution in [3.63, 3.8) is 0 Å². The van der Waals surface area contributed by atoms with Crippen molar-refractivity contribution in [3.8, 4) is 0 Å². The number of carbonyl (C=O) groups excluding carboxylic acids is 3. The first-order chi connectivity index (χ1) is 21.2. The highest BCUT2D eigenvalue weighted by Crippen LogP contribution is 2.36. The van der Waals surface area contributed by atoms with Crippen LogP contribution in [0.5, 0.6) is 0 Å². The van der Waals surface area contributed by atoms with Crippen LogP contribution in [0.15, 0.2) is 101 Å². The molecule has 0 aromatic heterocycles. The van der Waals surface area contributed by atoms with E-state index in [1.165, 1.54) is 23.1 Å². The molecule has 3 amide bonds. The highest BCUT2D eigenvalue weighted by Gasteiger charge is 2.39. The monoisotopic (exact) mass is 597 g/mol. The van der Waals surface area contributed by atoms with Crippen LogP contribution in [-0.4, -0.2) is 46.6 Å². The van der Waals surface area contributed by atoms with Crippen LogP contribution in [0.25, 0.3) is 0 Å². The van der Waals surface area contributed by atoms with Gasteiger partial charge in [0.15, 0.2) is 0 Å². The van der Waals surface area contributed by atoms with E-state index in [1.54, 1.807) is 19.9 Å². The number of rotatable bonds is 12. The van der Waals surface area contributed by atoms with Crippen molar-refractivity contribution in [2.24, 2.45) is 5.10 Å². The minimum absolute atomic E-state index is 0.0436. The van der Waals surface area contributed by atoms with Crippen molar-refractivity contribution in [3.05, 3.63) is 123 Å². The van der Waals surface area contributed by atoms with E-state index in [1.807, 2.05) is 43.3 Å². The molecule has 2 N–H and O–H groups in total. The topological polar surface area (TPSA) is 143 Å². The molecule has 0 aliphatic carbocycles. The molecule has 1 aliphatic rings.